The number of aliphatic hydroxyl groups excluding tert-OH is 1. The lowest BCUT2D eigenvalue weighted by molar-refractivity contribution is -0.148. The van der Waals surface area contributed by atoms with Crippen molar-refractivity contribution in [3.8, 4) is 0 Å². The number of carboxylic acid groups (broad SMARTS) is 1. The molecule has 0 aromatic heterocycles. The van der Waals surface area contributed by atoms with Gasteiger partial charge in [-0.05, 0) is 24.3 Å². The number of carbonyl (C=O) groups excluding carboxylic acids is 1. The number of thioether (sulfide) groups is 1. The predicted octanol–water partition coefficient (Wildman–Crippen LogP) is 1.87. The van der Waals surface area contributed by atoms with Crippen molar-refractivity contribution in [3.63, 3.8) is 0 Å². The number of nitrogens with zero attached hydrogens (tertiary/aromatic N) is 1. The van der Waals surface area contributed by atoms with Crippen molar-refractivity contribution in [2.45, 2.75) is 29.9 Å². The summed E-state index contributed by atoms with van der Waals surface area (Å²) in [6, 6.07) is 6.40. The second-order valence-corrected chi connectivity index (χ2v) is 6.45. The lowest BCUT2D eigenvalue weighted by atomic mass is 10.2. The van der Waals surface area contributed by atoms with Crippen LogP contribution in [0.5, 0.6) is 0 Å². The molecular weight excluding hydrogens is 314 g/mol. The van der Waals surface area contributed by atoms with Crippen molar-refractivity contribution in [3.05, 3.63) is 29.3 Å². The standard InChI is InChI=1S/C14H16ClNO4S/c15-9-1-3-11(4-2-9)21-6-5-13(18)16-8-10(17)7-12(16)14(19)20/h1-4,10,12,17H,5-8H2,(H,19,20)/t10?,12-/m0/s1. The van der Waals surface area contributed by atoms with Gasteiger partial charge in [-0.3, -0.25) is 4.79 Å². The molecule has 21 heavy (non-hydrogen) atoms. The molecule has 1 fully saturated rings. The topological polar surface area (TPSA) is 77.8 Å². The molecule has 2 N–H and O–H groups in total. The molecule has 7 heteroatoms. The Morgan fingerprint density at radius 3 is 2.62 bits per heavy atom. The molecule has 0 radical (unpaired) electrons. The first-order chi connectivity index (χ1) is 9.97. The van der Waals surface area contributed by atoms with E-state index in [0.29, 0.717) is 10.8 Å². The molecule has 0 bridgehead atoms. The summed E-state index contributed by atoms with van der Waals surface area (Å²) in [5, 5.41) is 19.2. The summed E-state index contributed by atoms with van der Waals surface area (Å²) in [7, 11) is 0. The Morgan fingerprint density at radius 1 is 1.33 bits per heavy atom. The molecule has 1 aliphatic heterocycles. The quantitative estimate of drug-likeness (QED) is 0.806. The number of amides is 1. The SMILES string of the molecule is O=C(O)[C@@H]1CC(O)CN1C(=O)CCSc1ccc(Cl)cc1. The molecule has 1 heterocycles. The first kappa shape index (κ1) is 16.1. The minimum absolute atomic E-state index is 0.0986. The van der Waals surface area contributed by atoms with Crippen molar-refractivity contribution in [2.75, 3.05) is 12.3 Å². The highest BCUT2D eigenvalue weighted by molar-refractivity contribution is 7.99. The normalized spacial score (nSPS) is 21.5. The van der Waals surface area contributed by atoms with E-state index in [1.807, 2.05) is 12.1 Å². The smallest absolute Gasteiger partial charge is 0.326 e. The zero-order chi connectivity index (χ0) is 15.4. The van der Waals surface area contributed by atoms with Crippen LogP contribution in [0.25, 0.3) is 0 Å². The van der Waals surface area contributed by atoms with Crippen LogP contribution in [0, 0.1) is 0 Å². The predicted molar refractivity (Wildman–Crippen MR) is 80.6 cm³/mol. The van der Waals surface area contributed by atoms with Crippen LogP contribution in [0.1, 0.15) is 12.8 Å². The average Bonchev–Trinajstić information content (AvgIpc) is 2.83. The Bertz CT molecular complexity index is 522. The fraction of sp³-hybridized carbons (Fsp3) is 0.429. The van der Waals surface area contributed by atoms with Gasteiger partial charge in [-0.15, -0.1) is 11.8 Å². The van der Waals surface area contributed by atoms with E-state index in [-0.39, 0.29) is 25.3 Å². The van der Waals surface area contributed by atoms with Crippen LogP contribution in [0.3, 0.4) is 0 Å². The zero-order valence-electron chi connectivity index (χ0n) is 11.2. The van der Waals surface area contributed by atoms with Crippen LogP contribution in [0.4, 0.5) is 0 Å². The molecule has 0 saturated carbocycles. The maximum Gasteiger partial charge on any atom is 0.326 e. The second kappa shape index (κ2) is 7.15. The molecule has 1 aromatic rings. The third kappa shape index (κ3) is 4.36. The van der Waals surface area contributed by atoms with Gasteiger partial charge in [0, 0.05) is 35.1 Å². The summed E-state index contributed by atoms with van der Waals surface area (Å²) in [6.45, 7) is 0.0986. The fourth-order valence-electron chi connectivity index (χ4n) is 2.25. The zero-order valence-corrected chi connectivity index (χ0v) is 12.8. The third-order valence-corrected chi connectivity index (χ3v) is 4.55. The largest absolute Gasteiger partial charge is 0.480 e. The average molecular weight is 330 g/mol. The van der Waals surface area contributed by atoms with Gasteiger partial charge >= 0.3 is 5.97 Å². The van der Waals surface area contributed by atoms with Gasteiger partial charge in [0.15, 0.2) is 0 Å². The van der Waals surface area contributed by atoms with Gasteiger partial charge in [0.2, 0.25) is 5.91 Å². The lowest BCUT2D eigenvalue weighted by Crippen LogP contribution is -2.40. The molecule has 114 valence electrons. The van der Waals surface area contributed by atoms with Crippen LogP contribution in [0.2, 0.25) is 5.02 Å². The molecule has 0 aliphatic carbocycles. The molecule has 1 unspecified atom stereocenters. The van der Waals surface area contributed by atoms with Crippen LogP contribution in [-0.2, 0) is 9.59 Å². The molecule has 2 atom stereocenters. The molecule has 5 nitrogen and oxygen atoms in total. The molecule has 1 amide bonds. The molecule has 2 rings (SSSR count). The molecule has 1 aromatic carbocycles. The van der Waals surface area contributed by atoms with Crippen LogP contribution >= 0.6 is 23.4 Å². The highest BCUT2D eigenvalue weighted by Gasteiger charge is 2.38. The van der Waals surface area contributed by atoms with Crippen molar-refractivity contribution in [2.24, 2.45) is 0 Å². The summed E-state index contributed by atoms with van der Waals surface area (Å²) in [5.41, 5.74) is 0. The van der Waals surface area contributed by atoms with E-state index >= 15 is 0 Å². The lowest BCUT2D eigenvalue weighted by Gasteiger charge is -2.20. The van der Waals surface area contributed by atoms with E-state index in [9.17, 15) is 14.7 Å². The summed E-state index contributed by atoms with van der Waals surface area (Å²) in [5.74, 6) is -0.745. The number of rotatable bonds is 5. The maximum absolute atomic E-state index is 12.1. The van der Waals surface area contributed by atoms with Gasteiger partial charge in [0.05, 0.1) is 6.10 Å². The molecule has 1 saturated heterocycles. The van der Waals surface area contributed by atoms with E-state index in [0.717, 1.165) is 4.90 Å². The Kier molecular flexibility index (Phi) is 5.50. The molecular formula is C14H16ClNO4S. The minimum Gasteiger partial charge on any atom is -0.480 e. The second-order valence-electron chi connectivity index (χ2n) is 4.84. The van der Waals surface area contributed by atoms with Gasteiger partial charge in [-0.25, -0.2) is 4.79 Å². The van der Waals surface area contributed by atoms with E-state index in [4.69, 9.17) is 16.7 Å². The number of hydrogen-bond donors (Lipinski definition) is 2. The number of carbonyl (C=O) groups is 2. The number of carboxylic acids is 1. The fourth-order valence-corrected chi connectivity index (χ4v) is 3.22. The number of aliphatic carboxylic acids is 1. The van der Waals surface area contributed by atoms with Gasteiger partial charge in [-0.2, -0.15) is 0 Å². The Morgan fingerprint density at radius 2 is 2.00 bits per heavy atom. The number of β-amino-alcohol motifs (C(OH)–C–C–N with tert-alkyl or cyclic N) is 1. The van der Waals surface area contributed by atoms with Crippen molar-refractivity contribution in [1.29, 1.82) is 0 Å². The summed E-state index contributed by atoms with van der Waals surface area (Å²) >= 11 is 7.30. The van der Waals surface area contributed by atoms with Gasteiger partial charge in [0.25, 0.3) is 0 Å². The third-order valence-electron chi connectivity index (χ3n) is 3.28. The summed E-state index contributed by atoms with van der Waals surface area (Å²) < 4.78 is 0. The van der Waals surface area contributed by atoms with Crippen molar-refractivity contribution >= 4 is 35.2 Å². The Hall–Kier alpha value is -1.24. The van der Waals surface area contributed by atoms with Crippen molar-refractivity contribution in [1.82, 2.24) is 4.90 Å². The first-order valence-electron chi connectivity index (χ1n) is 6.56. The van der Waals surface area contributed by atoms with Gasteiger partial charge < -0.3 is 15.1 Å². The van der Waals surface area contributed by atoms with Gasteiger partial charge in [0.1, 0.15) is 6.04 Å². The number of likely N-dealkylation sites (tertiary alicyclic amines) is 1. The van der Waals surface area contributed by atoms with Crippen LogP contribution in [0.15, 0.2) is 29.2 Å². The van der Waals surface area contributed by atoms with Crippen LogP contribution < -0.4 is 0 Å². The van der Waals surface area contributed by atoms with Crippen molar-refractivity contribution < 1.29 is 19.8 Å². The van der Waals surface area contributed by atoms with Gasteiger partial charge in [-0.1, -0.05) is 11.6 Å². The Labute approximate surface area is 131 Å². The number of benzene rings is 1. The van der Waals surface area contributed by atoms with E-state index in [2.05, 4.69) is 0 Å². The highest BCUT2D eigenvalue weighted by atomic mass is 35.5. The molecule has 1 aliphatic rings. The number of hydrogen-bond acceptors (Lipinski definition) is 4. The van der Waals surface area contributed by atoms with Crippen LogP contribution in [-0.4, -0.2) is 51.4 Å². The van der Waals surface area contributed by atoms with E-state index < -0.39 is 18.1 Å². The molecule has 0 spiro atoms. The number of halogens is 1. The first-order valence-corrected chi connectivity index (χ1v) is 7.92. The van der Waals surface area contributed by atoms with E-state index in [1.54, 1.807) is 12.1 Å². The Balaban J connectivity index is 1.84. The highest BCUT2D eigenvalue weighted by Crippen LogP contribution is 2.23. The maximum atomic E-state index is 12.1. The number of aliphatic hydroxyl groups is 1. The summed E-state index contributed by atoms with van der Waals surface area (Å²) in [6.07, 6.45) is -0.409. The monoisotopic (exact) mass is 329 g/mol. The van der Waals surface area contributed by atoms with E-state index in [1.165, 1.54) is 16.7 Å². The minimum atomic E-state index is -1.06. The summed E-state index contributed by atoms with van der Waals surface area (Å²) in [4.78, 5) is 25.4.